The Hall–Kier alpha value is -2.45. The van der Waals surface area contributed by atoms with E-state index < -0.39 is 11.7 Å². The van der Waals surface area contributed by atoms with Crippen molar-refractivity contribution in [2.24, 2.45) is 0 Å². The summed E-state index contributed by atoms with van der Waals surface area (Å²) in [6.07, 6.45) is -4.39. The first kappa shape index (κ1) is 18.3. The molecule has 0 fully saturated rings. The van der Waals surface area contributed by atoms with Crippen LogP contribution in [0.3, 0.4) is 0 Å². The molecule has 3 rings (SSSR count). The van der Waals surface area contributed by atoms with Gasteiger partial charge in [0, 0.05) is 5.69 Å². The van der Waals surface area contributed by atoms with Crippen molar-refractivity contribution in [2.45, 2.75) is 12.7 Å². The van der Waals surface area contributed by atoms with Crippen molar-refractivity contribution in [3.63, 3.8) is 0 Å². The monoisotopic (exact) mass is 379 g/mol. The minimum Gasteiger partial charge on any atom is -0.325 e. The van der Waals surface area contributed by atoms with Crippen LogP contribution in [0.5, 0.6) is 0 Å². The Bertz CT molecular complexity index is 873. The summed E-state index contributed by atoms with van der Waals surface area (Å²) >= 11 is 1.57. The lowest BCUT2D eigenvalue weighted by atomic mass is 10.2. The quantitative estimate of drug-likeness (QED) is 0.715. The topological polar surface area (TPSA) is 45.2 Å². The highest BCUT2D eigenvalue weighted by Crippen LogP contribution is 2.29. The molecular weight excluding hydrogens is 363 g/mol. The molecule has 1 amide bonds. The van der Waals surface area contributed by atoms with E-state index in [-0.39, 0.29) is 12.5 Å². The molecule has 0 saturated heterocycles. The Kier molecular flexibility index (Phi) is 5.24. The Morgan fingerprint density at radius 3 is 2.50 bits per heavy atom. The molecule has 0 aliphatic heterocycles. The number of carbonyl (C=O) groups excluding carboxylic acids is 1. The van der Waals surface area contributed by atoms with Crippen molar-refractivity contribution in [1.29, 1.82) is 0 Å². The molecule has 8 heteroatoms. The lowest BCUT2D eigenvalue weighted by Crippen LogP contribution is -2.29. The highest BCUT2D eigenvalue weighted by molar-refractivity contribution is 7.18. The van der Waals surface area contributed by atoms with E-state index in [9.17, 15) is 18.0 Å². The number of halogens is 3. The van der Waals surface area contributed by atoms with Crippen molar-refractivity contribution in [3.05, 3.63) is 59.1 Å². The first-order chi connectivity index (χ1) is 12.3. The van der Waals surface area contributed by atoms with E-state index in [1.54, 1.807) is 23.3 Å². The molecular formula is C18H16F3N3OS. The number of nitrogens with one attached hydrogen (secondary N) is 1. The van der Waals surface area contributed by atoms with Gasteiger partial charge in [-0.2, -0.15) is 13.2 Å². The summed E-state index contributed by atoms with van der Waals surface area (Å²) in [5.41, 5.74) is 0.509. The van der Waals surface area contributed by atoms with Crippen LogP contribution in [-0.2, 0) is 17.5 Å². The van der Waals surface area contributed by atoms with Gasteiger partial charge in [0.1, 0.15) is 5.01 Å². The number of aromatic nitrogens is 1. The second-order valence-electron chi connectivity index (χ2n) is 5.87. The number of benzene rings is 2. The van der Waals surface area contributed by atoms with Crippen LogP contribution < -0.4 is 5.32 Å². The molecule has 136 valence electrons. The van der Waals surface area contributed by atoms with Crippen molar-refractivity contribution in [2.75, 3.05) is 18.9 Å². The predicted molar refractivity (Wildman–Crippen MR) is 96.0 cm³/mol. The third kappa shape index (κ3) is 4.59. The number of hydrogen-bond donors (Lipinski definition) is 1. The SMILES string of the molecule is CN(CC(=O)Nc1ccc(C(F)(F)F)cc1)Cc1nc2ccccc2s1. The van der Waals surface area contributed by atoms with Gasteiger partial charge in [0.15, 0.2) is 0 Å². The van der Waals surface area contributed by atoms with Gasteiger partial charge in [0.2, 0.25) is 5.91 Å². The molecule has 0 radical (unpaired) electrons. The van der Waals surface area contributed by atoms with Crippen LogP contribution in [0, 0.1) is 0 Å². The van der Waals surface area contributed by atoms with Gasteiger partial charge >= 0.3 is 6.18 Å². The Balaban J connectivity index is 1.55. The summed E-state index contributed by atoms with van der Waals surface area (Å²) in [5.74, 6) is -0.298. The van der Waals surface area contributed by atoms with Gasteiger partial charge in [-0.25, -0.2) is 4.98 Å². The van der Waals surface area contributed by atoms with Crippen LogP contribution in [0.4, 0.5) is 18.9 Å². The summed E-state index contributed by atoms with van der Waals surface area (Å²) in [5, 5.41) is 3.50. The number of alkyl halides is 3. The fourth-order valence-corrected chi connectivity index (χ4v) is 3.51. The number of fused-ring (bicyclic) bond motifs is 1. The molecule has 0 saturated carbocycles. The first-order valence-electron chi connectivity index (χ1n) is 7.81. The van der Waals surface area contributed by atoms with E-state index in [0.717, 1.165) is 27.4 Å². The Morgan fingerprint density at radius 2 is 1.85 bits per heavy atom. The van der Waals surface area contributed by atoms with Crippen LogP contribution in [0.25, 0.3) is 10.2 Å². The van der Waals surface area contributed by atoms with Crippen molar-refractivity contribution in [3.8, 4) is 0 Å². The Morgan fingerprint density at radius 1 is 1.15 bits per heavy atom. The molecule has 0 spiro atoms. The van der Waals surface area contributed by atoms with E-state index in [0.29, 0.717) is 12.2 Å². The predicted octanol–water partition coefficient (Wildman–Crippen LogP) is 4.39. The molecule has 0 unspecified atom stereocenters. The van der Waals surface area contributed by atoms with Gasteiger partial charge in [-0.1, -0.05) is 12.1 Å². The fraction of sp³-hybridized carbons (Fsp3) is 0.222. The standard InChI is InChI=1S/C18H16F3N3OS/c1-24(11-17-23-14-4-2-3-5-15(14)26-17)10-16(25)22-13-8-6-12(7-9-13)18(19,20)21/h2-9H,10-11H2,1H3,(H,22,25). The molecule has 1 aromatic heterocycles. The van der Waals surface area contributed by atoms with Crippen LogP contribution in [0.1, 0.15) is 10.6 Å². The number of carbonyl (C=O) groups is 1. The average Bonchev–Trinajstić information content (AvgIpc) is 2.96. The third-order valence-corrected chi connectivity index (χ3v) is 4.67. The number of amides is 1. The van der Waals surface area contributed by atoms with E-state index in [1.165, 1.54) is 12.1 Å². The molecule has 1 N–H and O–H groups in total. The van der Waals surface area contributed by atoms with E-state index in [2.05, 4.69) is 10.3 Å². The van der Waals surface area contributed by atoms with Crippen LogP contribution in [-0.4, -0.2) is 29.4 Å². The maximum Gasteiger partial charge on any atom is 0.416 e. The highest BCUT2D eigenvalue weighted by Gasteiger charge is 2.30. The summed E-state index contributed by atoms with van der Waals surface area (Å²) in [6, 6.07) is 12.2. The fourth-order valence-electron chi connectivity index (χ4n) is 2.46. The lowest BCUT2D eigenvalue weighted by Gasteiger charge is -2.15. The van der Waals surface area contributed by atoms with Crippen molar-refractivity contribution >= 4 is 33.1 Å². The maximum atomic E-state index is 12.5. The summed E-state index contributed by atoms with van der Waals surface area (Å²) in [7, 11) is 1.79. The first-order valence-corrected chi connectivity index (χ1v) is 8.63. The smallest absolute Gasteiger partial charge is 0.325 e. The van der Waals surface area contributed by atoms with Gasteiger partial charge in [0.05, 0.1) is 28.9 Å². The highest BCUT2D eigenvalue weighted by atomic mass is 32.1. The van der Waals surface area contributed by atoms with Gasteiger partial charge < -0.3 is 5.32 Å². The normalized spacial score (nSPS) is 11.9. The summed E-state index contributed by atoms with van der Waals surface area (Å²) in [4.78, 5) is 18.4. The average molecular weight is 379 g/mol. The van der Waals surface area contributed by atoms with Gasteiger partial charge in [-0.3, -0.25) is 9.69 Å². The van der Waals surface area contributed by atoms with Gasteiger partial charge in [-0.15, -0.1) is 11.3 Å². The van der Waals surface area contributed by atoms with E-state index in [1.807, 2.05) is 24.3 Å². The minimum atomic E-state index is -4.39. The molecule has 0 bridgehead atoms. The molecule has 3 aromatic rings. The molecule has 26 heavy (non-hydrogen) atoms. The van der Waals surface area contributed by atoms with Crippen molar-refractivity contribution in [1.82, 2.24) is 9.88 Å². The van der Waals surface area contributed by atoms with Gasteiger partial charge in [0.25, 0.3) is 0 Å². The molecule has 1 heterocycles. The van der Waals surface area contributed by atoms with Crippen molar-refractivity contribution < 1.29 is 18.0 Å². The second-order valence-corrected chi connectivity index (χ2v) is 6.99. The van der Waals surface area contributed by atoms with Crippen LogP contribution in [0.15, 0.2) is 48.5 Å². The number of para-hydroxylation sites is 1. The van der Waals surface area contributed by atoms with E-state index in [4.69, 9.17) is 0 Å². The lowest BCUT2D eigenvalue weighted by molar-refractivity contribution is -0.137. The number of hydrogen-bond acceptors (Lipinski definition) is 4. The summed E-state index contributed by atoms with van der Waals surface area (Å²) < 4.78 is 38.7. The Labute approximate surface area is 152 Å². The van der Waals surface area contributed by atoms with E-state index >= 15 is 0 Å². The van der Waals surface area contributed by atoms with Gasteiger partial charge in [-0.05, 0) is 43.4 Å². The number of likely N-dealkylation sites (N-methyl/N-ethyl adjacent to an activating group) is 1. The third-order valence-electron chi connectivity index (χ3n) is 3.65. The number of thiazole rings is 1. The second kappa shape index (κ2) is 7.43. The van der Waals surface area contributed by atoms with Crippen LogP contribution >= 0.6 is 11.3 Å². The molecule has 0 aliphatic rings. The molecule has 0 atom stereocenters. The molecule has 2 aromatic carbocycles. The zero-order valence-corrected chi connectivity index (χ0v) is 14.7. The van der Waals surface area contributed by atoms with Crippen LogP contribution in [0.2, 0.25) is 0 Å². The minimum absolute atomic E-state index is 0.108. The zero-order valence-electron chi connectivity index (χ0n) is 13.9. The number of rotatable bonds is 5. The summed E-state index contributed by atoms with van der Waals surface area (Å²) in [6.45, 7) is 0.622. The zero-order chi connectivity index (χ0) is 18.7. The number of anilines is 1. The maximum absolute atomic E-state index is 12.5. The largest absolute Gasteiger partial charge is 0.416 e. The number of nitrogens with zero attached hydrogens (tertiary/aromatic N) is 2. The molecule has 4 nitrogen and oxygen atoms in total. The molecule has 0 aliphatic carbocycles.